The maximum Gasteiger partial charge on any atom is 0.416 e. The Hall–Kier alpha value is -6.24. The number of para-hydroxylation sites is 1. The number of furan rings is 2. The van der Waals surface area contributed by atoms with E-state index in [4.69, 9.17) is 13.6 Å². The van der Waals surface area contributed by atoms with Crippen molar-refractivity contribution in [2.45, 2.75) is 99.4 Å². The van der Waals surface area contributed by atoms with Crippen molar-refractivity contribution in [3.63, 3.8) is 0 Å². The first-order valence-electron chi connectivity index (χ1n) is 20.8. The summed E-state index contributed by atoms with van der Waals surface area (Å²) in [6.07, 6.45) is 3.03. The van der Waals surface area contributed by atoms with Crippen LogP contribution in [-0.2, 0) is 30.6 Å². The van der Waals surface area contributed by atoms with Crippen LogP contribution in [0.25, 0.3) is 33.5 Å². The lowest BCUT2D eigenvalue weighted by Crippen LogP contribution is -2.58. The average Bonchev–Trinajstić information content (AvgIpc) is 3.88. The Labute approximate surface area is 358 Å². The van der Waals surface area contributed by atoms with Crippen molar-refractivity contribution in [3.8, 4) is 17.3 Å². The molecule has 2 saturated carbocycles. The van der Waals surface area contributed by atoms with Crippen LogP contribution in [0, 0.1) is 5.92 Å². The fraction of sp³-hybridized carbons (Fsp3) is 0.409. The van der Waals surface area contributed by atoms with E-state index < -0.39 is 79.8 Å². The zero-order chi connectivity index (χ0) is 44.3. The maximum atomic E-state index is 14.7. The lowest BCUT2D eigenvalue weighted by Gasteiger charge is -2.30. The smallest absolute Gasteiger partial charge is 0.416 e. The van der Waals surface area contributed by atoms with E-state index in [1.165, 1.54) is 35.4 Å². The Balaban J connectivity index is 1.07. The Morgan fingerprint density at radius 1 is 1.00 bits per heavy atom. The summed E-state index contributed by atoms with van der Waals surface area (Å²) in [5.74, 6) is -3.50. The molecule has 330 valence electrons. The molecule has 19 heteroatoms. The highest BCUT2D eigenvalue weighted by atomic mass is 32.2. The summed E-state index contributed by atoms with van der Waals surface area (Å²) in [6, 6.07) is 11.9. The van der Waals surface area contributed by atoms with Crippen molar-refractivity contribution < 1.29 is 54.3 Å². The molecule has 4 amide bonds. The Bertz CT molecular complexity index is 2750. The minimum atomic E-state index is -4.57. The van der Waals surface area contributed by atoms with E-state index in [0.717, 1.165) is 18.6 Å². The van der Waals surface area contributed by atoms with Gasteiger partial charge in [0.2, 0.25) is 27.4 Å². The maximum absolute atomic E-state index is 14.7. The molecule has 1 saturated heterocycles. The van der Waals surface area contributed by atoms with Crippen LogP contribution >= 0.6 is 0 Å². The van der Waals surface area contributed by atoms with Gasteiger partial charge in [-0.15, -0.1) is 0 Å². The van der Waals surface area contributed by atoms with Crippen LogP contribution in [0.1, 0.15) is 80.8 Å². The van der Waals surface area contributed by atoms with Gasteiger partial charge in [0.05, 0.1) is 23.1 Å². The number of aromatic nitrogens is 2. The van der Waals surface area contributed by atoms with E-state index >= 15 is 0 Å². The van der Waals surface area contributed by atoms with Gasteiger partial charge in [-0.1, -0.05) is 49.3 Å². The third-order valence-corrected chi connectivity index (χ3v) is 14.6. The highest BCUT2D eigenvalue weighted by molar-refractivity contribution is 7.91. The van der Waals surface area contributed by atoms with E-state index in [1.807, 2.05) is 12.2 Å². The lowest BCUT2D eigenvalue weighted by atomic mass is 10.0. The summed E-state index contributed by atoms with van der Waals surface area (Å²) in [4.78, 5) is 67.2. The van der Waals surface area contributed by atoms with Crippen LogP contribution in [0.3, 0.4) is 0 Å². The van der Waals surface area contributed by atoms with Crippen molar-refractivity contribution in [1.82, 2.24) is 30.2 Å². The number of benzene rings is 2. The summed E-state index contributed by atoms with van der Waals surface area (Å²) in [7, 11) is -4.08. The summed E-state index contributed by atoms with van der Waals surface area (Å²) in [6.45, 7) is 1.34. The normalized spacial score (nSPS) is 25.0. The third-order valence-electron chi connectivity index (χ3n) is 12.5. The molecule has 3 aromatic heterocycles. The molecule has 2 aromatic carbocycles. The minimum absolute atomic E-state index is 0.0223. The molecule has 2 aliphatic heterocycles. The van der Waals surface area contributed by atoms with Gasteiger partial charge in [0, 0.05) is 23.3 Å². The number of rotatable bonds is 8. The number of sulfonamides is 1. The molecule has 9 rings (SSSR count). The summed E-state index contributed by atoms with van der Waals surface area (Å²) in [5, 5.41) is 6.19. The molecule has 5 aromatic rings. The number of hydrogen-bond donors (Lipinski definition) is 3. The van der Waals surface area contributed by atoms with Gasteiger partial charge < -0.3 is 29.1 Å². The zero-order valence-corrected chi connectivity index (χ0v) is 34.8. The summed E-state index contributed by atoms with van der Waals surface area (Å²) < 4.78 is 86.0. The second-order valence-electron chi connectivity index (χ2n) is 16.9. The van der Waals surface area contributed by atoms with Crippen LogP contribution in [0.15, 0.2) is 87.9 Å². The molecular formula is C44H43F3N6O9S. The van der Waals surface area contributed by atoms with Crippen LogP contribution in [0.2, 0.25) is 0 Å². The number of nitrogens with zero attached hydrogens (tertiary/aromatic N) is 3. The van der Waals surface area contributed by atoms with E-state index in [2.05, 4.69) is 25.3 Å². The number of halogens is 3. The fourth-order valence-corrected chi connectivity index (χ4v) is 9.64. The first-order valence-corrected chi connectivity index (χ1v) is 22.3. The molecule has 5 heterocycles. The minimum Gasteiger partial charge on any atom is -0.470 e. The SMILES string of the molecule is CC1(S(=O)(=O)NC(=O)[C@@]23C[C@H]2C=CCCCCC[C@H](NC(=O)c2ccco2)C(=O)N2C[C@H](Oc4nc(-c5ccc(C(F)(F)F)cc5)nc5c4oc4ccccc45)C[C@H]2C(=O)N3)CC1. The highest BCUT2D eigenvalue weighted by Gasteiger charge is 2.63. The molecule has 0 bridgehead atoms. The molecule has 0 unspecified atom stereocenters. The third kappa shape index (κ3) is 8.13. The van der Waals surface area contributed by atoms with Crippen LogP contribution in [0.5, 0.6) is 5.88 Å². The molecular weight excluding hydrogens is 846 g/mol. The number of hydrogen-bond acceptors (Lipinski definition) is 11. The summed E-state index contributed by atoms with van der Waals surface area (Å²) in [5.41, 5.74) is -1.39. The van der Waals surface area contributed by atoms with E-state index in [-0.39, 0.29) is 54.4 Å². The Kier molecular flexibility index (Phi) is 10.6. The summed E-state index contributed by atoms with van der Waals surface area (Å²) >= 11 is 0. The van der Waals surface area contributed by atoms with Crippen molar-refractivity contribution in [2.75, 3.05) is 6.54 Å². The molecule has 3 N–H and O–H groups in total. The monoisotopic (exact) mass is 888 g/mol. The van der Waals surface area contributed by atoms with E-state index in [0.29, 0.717) is 48.6 Å². The number of fused-ring (bicyclic) bond motifs is 5. The van der Waals surface area contributed by atoms with E-state index in [1.54, 1.807) is 31.2 Å². The molecule has 15 nitrogen and oxygen atoms in total. The standard InChI is InChI=1S/C44H43F3N6O9S/c1-42(19-20-42)63(58,59)52-41(57)43-23-27(43)10-5-3-2-4-6-12-30(48-38(55)33-14-9-21-60-33)40(56)53-24-28(22-31(53)37(54)51-43)61-39-35-34(29-11-7-8-13-32(29)62-35)49-36(50-39)25-15-17-26(18-16-25)44(45,46)47/h5,7-11,13-18,21,27-28,30-31H,2-4,6,12,19-20,22-24H2,1H3,(H,48,55)(H,51,54)(H,52,57)/t27-,28-,30+,31+,43-/m1/s1. The molecule has 2 aliphatic carbocycles. The quantitative estimate of drug-likeness (QED) is 0.150. The molecule has 3 fully saturated rings. The second kappa shape index (κ2) is 15.8. The predicted octanol–water partition coefficient (Wildman–Crippen LogP) is 6.20. The number of alkyl halides is 3. The van der Waals surface area contributed by atoms with Gasteiger partial charge in [-0.05, 0) is 81.8 Å². The Morgan fingerprint density at radius 3 is 2.51 bits per heavy atom. The lowest BCUT2D eigenvalue weighted by molar-refractivity contribution is -0.141. The first-order chi connectivity index (χ1) is 30.0. The zero-order valence-electron chi connectivity index (χ0n) is 33.9. The largest absolute Gasteiger partial charge is 0.470 e. The van der Waals surface area contributed by atoms with Crippen LogP contribution < -0.4 is 20.1 Å². The second-order valence-corrected chi connectivity index (χ2v) is 19.1. The molecule has 63 heavy (non-hydrogen) atoms. The number of nitrogens with one attached hydrogen (secondary N) is 3. The number of carbonyl (C=O) groups is 4. The Morgan fingerprint density at radius 2 is 1.78 bits per heavy atom. The molecule has 0 spiro atoms. The van der Waals surface area contributed by atoms with Gasteiger partial charge in [-0.2, -0.15) is 18.2 Å². The fourth-order valence-electron chi connectivity index (χ4n) is 8.32. The van der Waals surface area contributed by atoms with Gasteiger partial charge in [-0.25, -0.2) is 13.4 Å². The van der Waals surface area contributed by atoms with Gasteiger partial charge in [0.25, 0.3) is 17.7 Å². The number of amides is 4. The van der Waals surface area contributed by atoms with Crippen molar-refractivity contribution in [1.29, 1.82) is 0 Å². The first kappa shape index (κ1) is 42.1. The predicted molar refractivity (Wildman–Crippen MR) is 220 cm³/mol. The van der Waals surface area contributed by atoms with Gasteiger partial charge in [-0.3, -0.25) is 23.9 Å². The van der Waals surface area contributed by atoms with Gasteiger partial charge in [0.15, 0.2) is 11.6 Å². The number of carbonyl (C=O) groups excluding carboxylic acids is 4. The van der Waals surface area contributed by atoms with Gasteiger partial charge >= 0.3 is 6.18 Å². The van der Waals surface area contributed by atoms with Gasteiger partial charge in [0.1, 0.15) is 34.8 Å². The highest BCUT2D eigenvalue weighted by Crippen LogP contribution is 2.48. The van der Waals surface area contributed by atoms with Crippen LogP contribution in [0.4, 0.5) is 13.2 Å². The molecule has 0 radical (unpaired) electrons. The van der Waals surface area contributed by atoms with E-state index in [9.17, 15) is 40.8 Å². The number of ether oxygens (including phenoxy) is 1. The molecule has 4 aliphatic rings. The topological polar surface area (TPSA) is 203 Å². The average molecular weight is 889 g/mol. The number of allylic oxidation sites excluding steroid dienone is 1. The van der Waals surface area contributed by atoms with Crippen molar-refractivity contribution in [2.24, 2.45) is 5.92 Å². The van der Waals surface area contributed by atoms with Crippen molar-refractivity contribution >= 4 is 55.7 Å². The van der Waals surface area contributed by atoms with Crippen molar-refractivity contribution in [3.05, 3.63) is 90.4 Å². The molecule has 5 atom stereocenters. The van der Waals surface area contributed by atoms with Crippen LogP contribution in [-0.4, -0.2) is 81.9 Å².